The third kappa shape index (κ3) is 1.89. The van der Waals surface area contributed by atoms with Crippen molar-refractivity contribution in [3.05, 3.63) is 33.9 Å². The van der Waals surface area contributed by atoms with Crippen molar-refractivity contribution in [2.75, 3.05) is 0 Å². The SMILES string of the molecule is O=c1[nH]cc(C(F)(F)F)c2cc(CO)n(SF)c12. The highest BCUT2D eigenvalue weighted by Crippen LogP contribution is 2.35. The summed E-state index contributed by atoms with van der Waals surface area (Å²) in [4.78, 5) is 13.4. The fourth-order valence-electron chi connectivity index (χ4n) is 1.67. The summed E-state index contributed by atoms with van der Waals surface area (Å²) in [5.41, 5.74) is -2.54. The molecule has 2 rings (SSSR count). The molecule has 98 valence electrons. The second kappa shape index (κ2) is 4.32. The first-order valence-corrected chi connectivity index (χ1v) is 5.30. The molecule has 2 aromatic rings. The molecule has 2 heterocycles. The van der Waals surface area contributed by atoms with Gasteiger partial charge in [-0.1, -0.05) is 0 Å². The van der Waals surface area contributed by atoms with Gasteiger partial charge in [0.1, 0.15) is 5.52 Å². The smallest absolute Gasteiger partial charge is 0.390 e. The van der Waals surface area contributed by atoms with E-state index >= 15 is 0 Å². The van der Waals surface area contributed by atoms with Gasteiger partial charge in [0.05, 0.1) is 17.9 Å². The van der Waals surface area contributed by atoms with E-state index in [0.29, 0.717) is 10.2 Å². The molecule has 18 heavy (non-hydrogen) atoms. The van der Waals surface area contributed by atoms with Gasteiger partial charge in [0.25, 0.3) is 5.56 Å². The Morgan fingerprint density at radius 2 is 2.11 bits per heavy atom. The standard InChI is InChI=1S/C9H6F4N2O2S/c10-9(11,12)6-2-14-8(17)7-5(6)1-4(3-16)15(7)18-13/h1-2,16H,3H2,(H,14,17). The zero-order chi connectivity index (χ0) is 13.5. The molecule has 0 saturated heterocycles. The van der Waals surface area contributed by atoms with Gasteiger partial charge >= 0.3 is 6.18 Å². The average Bonchev–Trinajstić information content (AvgIpc) is 2.66. The summed E-state index contributed by atoms with van der Waals surface area (Å²) in [5.74, 6) is 0. The summed E-state index contributed by atoms with van der Waals surface area (Å²) in [6.07, 6.45) is -4.15. The van der Waals surface area contributed by atoms with Crippen LogP contribution in [-0.2, 0) is 12.8 Å². The number of nitrogens with one attached hydrogen (secondary N) is 1. The van der Waals surface area contributed by atoms with Crippen LogP contribution in [0.1, 0.15) is 11.3 Å². The lowest BCUT2D eigenvalue weighted by Crippen LogP contribution is -2.14. The Hall–Kier alpha value is -1.48. The lowest BCUT2D eigenvalue weighted by atomic mass is 10.2. The molecule has 0 atom stereocenters. The maximum atomic E-state index is 12.7. The number of halogens is 4. The van der Waals surface area contributed by atoms with E-state index in [0.717, 1.165) is 6.07 Å². The Bertz CT molecular complexity index is 646. The van der Waals surface area contributed by atoms with Crippen LogP contribution < -0.4 is 5.56 Å². The lowest BCUT2D eigenvalue weighted by molar-refractivity contribution is -0.136. The second-order valence-electron chi connectivity index (χ2n) is 3.45. The number of fused-ring (bicyclic) bond motifs is 1. The Morgan fingerprint density at radius 1 is 1.44 bits per heavy atom. The van der Waals surface area contributed by atoms with E-state index in [1.54, 1.807) is 0 Å². The highest BCUT2D eigenvalue weighted by molar-refractivity contribution is 7.93. The first kappa shape index (κ1) is 13.0. The van der Waals surface area contributed by atoms with Gasteiger partial charge in [-0.15, -0.1) is 3.89 Å². The van der Waals surface area contributed by atoms with E-state index in [2.05, 4.69) is 0 Å². The van der Waals surface area contributed by atoms with Crippen molar-refractivity contribution in [1.82, 2.24) is 8.96 Å². The van der Waals surface area contributed by atoms with Crippen molar-refractivity contribution in [1.29, 1.82) is 0 Å². The van der Waals surface area contributed by atoms with Crippen molar-refractivity contribution >= 4 is 23.2 Å². The van der Waals surface area contributed by atoms with Crippen molar-refractivity contribution < 1.29 is 22.2 Å². The molecular weight excluding hydrogens is 276 g/mol. The van der Waals surface area contributed by atoms with Crippen molar-refractivity contribution in [2.24, 2.45) is 0 Å². The molecule has 0 radical (unpaired) electrons. The highest BCUT2D eigenvalue weighted by atomic mass is 32.2. The number of aliphatic hydroxyl groups excluding tert-OH is 1. The maximum Gasteiger partial charge on any atom is 0.418 e. The number of hydrogen-bond donors (Lipinski definition) is 2. The number of pyridine rings is 1. The molecule has 0 spiro atoms. The van der Waals surface area contributed by atoms with Crippen molar-refractivity contribution in [3.63, 3.8) is 0 Å². The first-order valence-electron chi connectivity index (χ1n) is 4.63. The molecule has 0 aromatic carbocycles. The second-order valence-corrected chi connectivity index (χ2v) is 3.95. The fourth-order valence-corrected chi connectivity index (χ4v) is 2.12. The molecule has 2 aromatic heterocycles. The van der Waals surface area contributed by atoms with Crippen LogP contribution in [0.25, 0.3) is 10.9 Å². The summed E-state index contributed by atoms with van der Waals surface area (Å²) in [6.45, 7) is -0.678. The quantitative estimate of drug-likeness (QED) is 0.830. The van der Waals surface area contributed by atoms with Crippen LogP contribution in [0.2, 0.25) is 0 Å². The zero-order valence-electron chi connectivity index (χ0n) is 8.58. The number of aliphatic hydroxyl groups is 1. The summed E-state index contributed by atoms with van der Waals surface area (Å²) in [6, 6.07) is 0.944. The van der Waals surface area contributed by atoms with Gasteiger partial charge in [0.2, 0.25) is 0 Å². The van der Waals surface area contributed by atoms with Crippen LogP contribution in [-0.4, -0.2) is 14.1 Å². The molecule has 0 aliphatic heterocycles. The van der Waals surface area contributed by atoms with E-state index in [1.807, 2.05) is 4.98 Å². The average molecular weight is 282 g/mol. The van der Waals surface area contributed by atoms with Gasteiger partial charge in [-0.3, -0.25) is 8.77 Å². The fraction of sp³-hybridized carbons (Fsp3) is 0.222. The monoisotopic (exact) mass is 282 g/mol. The van der Waals surface area contributed by atoms with Crippen LogP contribution >= 0.6 is 12.3 Å². The van der Waals surface area contributed by atoms with Crippen LogP contribution in [0, 0.1) is 0 Å². The summed E-state index contributed by atoms with van der Waals surface area (Å²) in [5, 5.41) is 8.50. The van der Waals surface area contributed by atoms with Crippen molar-refractivity contribution in [3.8, 4) is 0 Å². The van der Waals surface area contributed by atoms with E-state index in [4.69, 9.17) is 5.11 Å². The van der Waals surface area contributed by atoms with Crippen LogP contribution in [0.3, 0.4) is 0 Å². The number of hydrogen-bond acceptors (Lipinski definition) is 3. The summed E-state index contributed by atoms with van der Waals surface area (Å²) in [7, 11) is 0. The van der Waals surface area contributed by atoms with Gasteiger partial charge in [0, 0.05) is 11.6 Å². The molecule has 0 fully saturated rings. The molecule has 0 unspecified atom stereocenters. The van der Waals surface area contributed by atoms with E-state index in [1.165, 1.54) is 0 Å². The zero-order valence-corrected chi connectivity index (χ0v) is 9.40. The van der Waals surface area contributed by atoms with Gasteiger partial charge in [-0.25, -0.2) is 0 Å². The number of aromatic nitrogens is 2. The lowest BCUT2D eigenvalue weighted by Gasteiger charge is -2.07. The Kier molecular flexibility index (Phi) is 3.11. The first-order chi connectivity index (χ1) is 8.40. The normalized spacial score (nSPS) is 12.3. The molecule has 2 N–H and O–H groups in total. The molecule has 4 nitrogen and oxygen atoms in total. The predicted molar refractivity (Wildman–Crippen MR) is 57.6 cm³/mol. The minimum absolute atomic E-state index is 0.125. The molecule has 0 bridgehead atoms. The molecule has 0 saturated carbocycles. The molecule has 0 aliphatic carbocycles. The topological polar surface area (TPSA) is 58.0 Å². The van der Waals surface area contributed by atoms with Crippen LogP contribution in [0.5, 0.6) is 0 Å². The highest BCUT2D eigenvalue weighted by Gasteiger charge is 2.34. The number of alkyl halides is 3. The number of H-pyrrole nitrogens is 1. The minimum Gasteiger partial charge on any atom is -0.390 e. The summed E-state index contributed by atoms with van der Waals surface area (Å²) < 4.78 is 51.4. The Balaban J connectivity index is 2.92. The number of aromatic amines is 1. The van der Waals surface area contributed by atoms with E-state index < -0.39 is 47.1 Å². The van der Waals surface area contributed by atoms with Gasteiger partial charge < -0.3 is 10.1 Å². The number of nitrogens with zero attached hydrogens (tertiary/aromatic N) is 1. The number of rotatable bonds is 2. The molecule has 9 heteroatoms. The van der Waals surface area contributed by atoms with E-state index in [-0.39, 0.29) is 5.69 Å². The Labute approximate surface area is 102 Å². The maximum absolute atomic E-state index is 12.7. The Morgan fingerprint density at radius 3 is 2.61 bits per heavy atom. The summed E-state index contributed by atoms with van der Waals surface area (Å²) >= 11 is -0.441. The van der Waals surface area contributed by atoms with E-state index in [9.17, 15) is 21.9 Å². The minimum atomic E-state index is -4.68. The molecule has 0 aliphatic rings. The van der Waals surface area contributed by atoms with Gasteiger partial charge in [-0.05, 0) is 6.07 Å². The van der Waals surface area contributed by atoms with Gasteiger partial charge in [-0.2, -0.15) is 13.2 Å². The third-order valence-corrected chi connectivity index (χ3v) is 2.97. The predicted octanol–water partition coefficient (Wildman–Crippen LogP) is 2.22. The van der Waals surface area contributed by atoms with Crippen LogP contribution in [0.4, 0.5) is 17.1 Å². The van der Waals surface area contributed by atoms with Gasteiger partial charge in [0.15, 0.2) is 12.3 Å². The van der Waals surface area contributed by atoms with Crippen molar-refractivity contribution in [2.45, 2.75) is 12.8 Å². The largest absolute Gasteiger partial charge is 0.418 e. The van der Waals surface area contributed by atoms with Crippen LogP contribution in [0.15, 0.2) is 17.1 Å². The third-order valence-electron chi connectivity index (χ3n) is 2.42. The molecular formula is C9H6F4N2O2S. The molecule has 0 amide bonds.